The standard InChI is InChI=1S/C27H33FN2O3S2/c1-18-10-15-35-27(18)34-14-3-12-30-13-9-19(23(17-30)26(31)32)4-6-24(28)21-8-11-29-25-7-5-20(33-2)16-22(21)25/h5,7-8,10-11,15-16,19,23-24H,3-4,6,9,12-14,17H2,1-2H3,(H,31,32)/t19-,23+,24?/m1/s1. The summed E-state index contributed by atoms with van der Waals surface area (Å²) in [6, 6.07) is 9.34. The zero-order valence-corrected chi connectivity index (χ0v) is 21.9. The number of ether oxygens (including phenoxy) is 1. The van der Waals surface area contributed by atoms with Crippen LogP contribution in [0, 0.1) is 18.8 Å². The third-order valence-electron chi connectivity index (χ3n) is 6.93. The van der Waals surface area contributed by atoms with Crippen LogP contribution in [-0.4, -0.2) is 53.5 Å². The molecule has 0 radical (unpaired) electrons. The molecule has 2 aromatic heterocycles. The zero-order chi connectivity index (χ0) is 24.8. The molecular formula is C27H33FN2O3S2. The van der Waals surface area contributed by atoms with Gasteiger partial charge in [0.15, 0.2) is 0 Å². The molecule has 1 aromatic carbocycles. The van der Waals surface area contributed by atoms with Gasteiger partial charge in [0.1, 0.15) is 11.9 Å². The second kappa shape index (κ2) is 12.2. The number of piperidine rings is 1. The summed E-state index contributed by atoms with van der Waals surface area (Å²) in [6.07, 6.45) is 3.16. The van der Waals surface area contributed by atoms with Gasteiger partial charge in [-0.15, -0.1) is 23.1 Å². The van der Waals surface area contributed by atoms with E-state index in [4.69, 9.17) is 4.74 Å². The van der Waals surface area contributed by atoms with E-state index in [0.29, 0.717) is 30.7 Å². The van der Waals surface area contributed by atoms with Gasteiger partial charge in [0.05, 0.1) is 22.8 Å². The molecule has 3 heterocycles. The number of carbonyl (C=O) groups is 1. The highest BCUT2D eigenvalue weighted by atomic mass is 32.2. The molecular weight excluding hydrogens is 483 g/mol. The Morgan fingerprint density at radius 2 is 2.23 bits per heavy atom. The van der Waals surface area contributed by atoms with E-state index >= 15 is 4.39 Å². The number of aromatic nitrogens is 1. The van der Waals surface area contributed by atoms with Gasteiger partial charge >= 0.3 is 5.97 Å². The highest BCUT2D eigenvalue weighted by Crippen LogP contribution is 2.35. The van der Waals surface area contributed by atoms with Crippen molar-refractivity contribution in [1.82, 2.24) is 9.88 Å². The molecule has 0 aliphatic carbocycles. The Bertz CT molecular complexity index is 1140. The molecule has 0 bridgehead atoms. The summed E-state index contributed by atoms with van der Waals surface area (Å²) >= 11 is 3.66. The number of alkyl halides is 1. The number of methoxy groups -OCH3 is 1. The molecule has 1 aliphatic rings. The van der Waals surface area contributed by atoms with Crippen LogP contribution in [0.3, 0.4) is 0 Å². The fourth-order valence-corrected chi connectivity index (χ4v) is 7.01. The number of hydrogen-bond acceptors (Lipinski definition) is 6. The number of thioether (sulfide) groups is 1. The minimum absolute atomic E-state index is 0.00668. The monoisotopic (exact) mass is 516 g/mol. The molecule has 0 amide bonds. The van der Waals surface area contributed by atoms with Crippen LogP contribution >= 0.6 is 23.1 Å². The van der Waals surface area contributed by atoms with Gasteiger partial charge in [-0.2, -0.15) is 0 Å². The van der Waals surface area contributed by atoms with Gasteiger partial charge in [-0.3, -0.25) is 9.78 Å². The van der Waals surface area contributed by atoms with E-state index in [1.54, 1.807) is 30.7 Å². The summed E-state index contributed by atoms with van der Waals surface area (Å²) in [5.74, 6) is 0.483. The number of rotatable bonds is 11. The van der Waals surface area contributed by atoms with Crippen LogP contribution in [-0.2, 0) is 4.79 Å². The fourth-order valence-electron chi connectivity index (χ4n) is 4.92. The predicted molar refractivity (Wildman–Crippen MR) is 141 cm³/mol. The van der Waals surface area contributed by atoms with Crippen molar-refractivity contribution in [3.05, 3.63) is 53.0 Å². The molecule has 4 rings (SSSR count). The average molecular weight is 517 g/mol. The number of aliphatic carboxylic acids is 1. The van der Waals surface area contributed by atoms with E-state index in [1.165, 1.54) is 9.77 Å². The second-order valence-corrected chi connectivity index (χ2v) is 11.5. The van der Waals surface area contributed by atoms with Crippen LogP contribution < -0.4 is 4.74 Å². The largest absolute Gasteiger partial charge is 0.497 e. The van der Waals surface area contributed by atoms with E-state index in [1.807, 2.05) is 30.0 Å². The summed E-state index contributed by atoms with van der Waals surface area (Å²) in [6.45, 7) is 4.47. The number of benzene rings is 1. The Morgan fingerprint density at radius 1 is 1.37 bits per heavy atom. The Labute approximate surface area is 214 Å². The van der Waals surface area contributed by atoms with Gasteiger partial charge in [0.25, 0.3) is 0 Å². The number of pyridine rings is 1. The van der Waals surface area contributed by atoms with E-state index < -0.39 is 18.1 Å². The number of hydrogen-bond donors (Lipinski definition) is 1. The molecule has 0 saturated carbocycles. The summed E-state index contributed by atoms with van der Waals surface area (Å²) in [5, 5.41) is 12.8. The topological polar surface area (TPSA) is 62.7 Å². The SMILES string of the molecule is COc1ccc2nccc(C(F)CC[C@@H]3CCN(CCCSc4sccc4C)C[C@@H]3C(=O)O)c2c1. The summed E-state index contributed by atoms with van der Waals surface area (Å²) in [7, 11) is 1.59. The van der Waals surface area contributed by atoms with Gasteiger partial charge in [-0.25, -0.2) is 4.39 Å². The van der Waals surface area contributed by atoms with Crippen molar-refractivity contribution in [2.45, 2.75) is 43.0 Å². The normalized spacial score (nSPS) is 19.6. The first-order valence-electron chi connectivity index (χ1n) is 12.1. The highest BCUT2D eigenvalue weighted by molar-refractivity contribution is 8.01. The summed E-state index contributed by atoms with van der Waals surface area (Å²) in [5.41, 5.74) is 2.66. The Balaban J connectivity index is 1.30. The van der Waals surface area contributed by atoms with E-state index in [-0.39, 0.29) is 5.92 Å². The van der Waals surface area contributed by atoms with Crippen molar-refractivity contribution in [2.24, 2.45) is 11.8 Å². The maximum absolute atomic E-state index is 15.4. The third kappa shape index (κ3) is 6.54. The van der Waals surface area contributed by atoms with Crippen LogP contribution in [0.1, 0.15) is 43.0 Å². The molecule has 1 N–H and O–H groups in total. The number of fused-ring (bicyclic) bond motifs is 1. The lowest BCUT2D eigenvalue weighted by atomic mass is 9.81. The molecule has 1 unspecified atom stereocenters. The van der Waals surface area contributed by atoms with Crippen molar-refractivity contribution >= 4 is 40.0 Å². The van der Waals surface area contributed by atoms with Crippen molar-refractivity contribution in [1.29, 1.82) is 0 Å². The quantitative estimate of drug-likeness (QED) is 0.229. The number of carboxylic acid groups (broad SMARTS) is 1. The van der Waals surface area contributed by atoms with Crippen LogP contribution in [0.2, 0.25) is 0 Å². The molecule has 1 aliphatic heterocycles. The number of thiophene rings is 1. The van der Waals surface area contributed by atoms with E-state index in [0.717, 1.165) is 42.6 Å². The van der Waals surface area contributed by atoms with Crippen molar-refractivity contribution in [2.75, 3.05) is 32.5 Å². The Kier molecular flexibility index (Phi) is 9.03. The lowest BCUT2D eigenvalue weighted by Crippen LogP contribution is -2.44. The first kappa shape index (κ1) is 25.9. The maximum Gasteiger partial charge on any atom is 0.308 e. The van der Waals surface area contributed by atoms with Crippen LogP contribution in [0.15, 0.2) is 46.1 Å². The van der Waals surface area contributed by atoms with Gasteiger partial charge in [-0.1, -0.05) is 0 Å². The second-order valence-electron chi connectivity index (χ2n) is 9.22. The fraction of sp³-hybridized carbons (Fsp3) is 0.481. The molecule has 1 saturated heterocycles. The molecule has 8 heteroatoms. The van der Waals surface area contributed by atoms with E-state index in [2.05, 4.69) is 28.3 Å². The van der Waals surface area contributed by atoms with Crippen LogP contribution in [0.25, 0.3) is 10.9 Å². The number of halogens is 1. The van der Waals surface area contributed by atoms with Crippen LogP contribution in [0.4, 0.5) is 4.39 Å². The molecule has 0 spiro atoms. The van der Waals surface area contributed by atoms with Crippen LogP contribution in [0.5, 0.6) is 5.75 Å². The van der Waals surface area contributed by atoms with E-state index in [9.17, 15) is 9.90 Å². The smallest absolute Gasteiger partial charge is 0.308 e. The number of nitrogens with zero attached hydrogens (tertiary/aromatic N) is 2. The zero-order valence-electron chi connectivity index (χ0n) is 20.3. The predicted octanol–water partition coefficient (Wildman–Crippen LogP) is 6.61. The average Bonchev–Trinajstić information content (AvgIpc) is 3.29. The van der Waals surface area contributed by atoms with Gasteiger partial charge in [-0.05, 0) is 98.5 Å². The number of aryl methyl sites for hydroxylation is 1. The maximum atomic E-state index is 15.4. The van der Waals surface area contributed by atoms with Gasteiger partial charge in [0, 0.05) is 23.9 Å². The highest BCUT2D eigenvalue weighted by Gasteiger charge is 2.34. The summed E-state index contributed by atoms with van der Waals surface area (Å²) in [4.78, 5) is 18.7. The lowest BCUT2D eigenvalue weighted by Gasteiger charge is -2.36. The number of carboxylic acids is 1. The van der Waals surface area contributed by atoms with Crippen molar-refractivity contribution in [3.63, 3.8) is 0 Å². The minimum Gasteiger partial charge on any atom is -0.497 e. The molecule has 35 heavy (non-hydrogen) atoms. The minimum atomic E-state index is -1.17. The first-order valence-corrected chi connectivity index (χ1v) is 14.0. The Morgan fingerprint density at radius 3 is 2.97 bits per heavy atom. The lowest BCUT2D eigenvalue weighted by molar-refractivity contribution is -0.146. The molecule has 1 fully saturated rings. The third-order valence-corrected chi connectivity index (χ3v) is 9.46. The Hall–Kier alpha value is -2.16. The van der Waals surface area contributed by atoms with Crippen molar-refractivity contribution < 1.29 is 19.0 Å². The number of likely N-dealkylation sites (tertiary alicyclic amines) is 1. The van der Waals surface area contributed by atoms with Gasteiger partial charge < -0.3 is 14.7 Å². The van der Waals surface area contributed by atoms with Gasteiger partial charge in [0.2, 0.25) is 0 Å². The first-order chi connectivity index (χ1) is 17.0. The molecule has 188 valence electrons. The molecule has 5 nitrogen and oxygen atoms in total. The summed E-state index contributed by atoms with van der Waals surface area (Å²) < 4.78 is 22.1. The molecule has 3 aromatic rings. The molecule has 3 atom stereocenters. The van der Waals surface area contributed by atoms with Crippen molar-refractivity contribution in [3.8, 4) is 5.75 Å².